The molecule has 1 heterocycles. The van der Waals surface area contributed by atoms with Crippen LogP contribution in [0.2, 0.25) is 5.02 Å². The first-order chi connectivity index (χ1) is 7.18. The minimum atomic E-state index is -0.613. The highest BCUT2D eigenvalue weighted by molar-refractivity contribution is 7.10. The summed E-state index contributed by atoms with van der Waals surface area (Å²) < 4.78 is 0. The summed E-state index contributed by atoms with van der Waals surface area (Å²) >= 11 is 7.62. The molecule has 1 N–H and O–H groups in total. The van der Waals surface area contributed by atoms with Crippen molar-refractivity contribution in [1.82, 2.24) is 0 Å². The van der Waals surface area contributed by atoms with E-state index >= 15 is 0 Å². The molecule has 78 valence electrons. The summed E-state index contributed by atoms with van der Waals surface area (Å²) in [6.07, 6.45) is -0.613. The third-order valence-corrected chi connectivity index (χ3v) is 3.52. The van der Waals surface area contributed by atoms with E-state index in [0.29, 0.717) is 5.02 Å². The molecule has 0 aliphatic carbocycles. The Balaban J connectivity index is 2.38. The van der Waals surface area contributed by atoms with E-state index in [1.807, 2.05) is 42.6 Å². The fourth-order valence-electron chi connectivity index (χ4n) is 1.45. The van der Waals surface area contributed by atoms with E-state index in [9.17, 15) is 5.11 Å². The predicted octanol–water partition coefficient (Wildman–Crippen LogP) is 3.79. The van der Waals surface area contributed by atoms with Crippen LogP contribution in [0.15, 0.2) is 35.7 Å². The van der Waals surface area contributed by atoms with Crippen LogP contribution in [0, 0.1) is 6.92 Å². The topological polar surface area (TPSA) is 20.2 Å². The SMILES string of the molecule is Cc1ccc(C(O)c2cccs2)c(Cl)c1. The van der Waals surface area contributed by atoms with E-state index in [-0.39, 0.29) is 0 Å². The highest BCUT2D eigenvalue weighted by atomic mass is 35.5. The molecule has 1 aromatic carbocycles. The van der Waals surface area contributed by atoms with E-state index in [2.05, 4.69) is 0 Å². The second-order valence-corrected chi connectivity index (χ2v) is 4.83. The van der Waals surface area contributed by atoms with E-state index in [4.69, 9.17) is 11.6 Å². The molecule has 0 amide bonds. The van der Waals surface area contributed by atoms with Crippen LogP contribution in [-0.4, -0.2) is 5.11 Å². The van der Waals surface area contributed by atoms with E-state index < -0.39 is 6.10 Å². The smallest absolute Gasteiger partial charge is 0.115 e. The molecule has 0 aliphatic rings. The maximum Gasteiger partial charge on any atom is 0.115 e. The van der Waals surface area contributed by atoms with Crippen LogP contribution in [-0.2, 0) is 0 Å². The van der Waals surface area contributed by atoms with Gasteiger partial charge in [-0.2, -0.15) is 0 Å². The lowest BCUT2D eigenvalue weighted by atomic mass is 10.1. The molecule has 3 heteroatoms. The van der Waals surface area contributed by atoms with Gasteiger partial charge >= 0.3 is 0 Å². The van der Waals surface area contributed by atoms with Gasteiger partial charge in [-0.15, -0.1) is 11.3 Å². The van der Waals surface area contributed by atoms with Gasteiger partial charge in [0.1, 0.15) is 6.10 Å². The van der Waals surface area contributed by atoms with E-state index in [0.717, 1.165) is 16.0 Å². The van der Waals surface area contributed by atoms with Gasteiger partial charge in [0.05, 0.1) is 0 Å². The maximum absolute atomic E-state index is 10.1. The largest absolute Gasteiger partial charge is 0.383 e. The van der Waals surface area contributed by atoms with Gasteiger partial charge in [-0.25, -0.2) is 0 Å². The van der Waals surface area contributed by atoms with Gasteiger partial charge in [-0.3, -0.25) is 0 Å². The maximum atomic E-state index is 10.1. The lowest BCUT2D eigenvalue weighted by Crippen LogP contribution is -1.98. The Morgan fingerprint density at radius 1 is 1.33 bits per heavy atom. The number of hydrogen-bond acceptors (Lipinski definition) is 2. The van der Waals surface area contributed by atoms with Crippen molar-refractivity contribution in [3.05, 3.63) is 56.7 Å². The lowest BCUT2D eigenvalue weighted by molar-refractivity contribution is 0.224. The number of thiophene rings is 1. The second-order valence-electron chi connectivity index (χ2n) is 3.44. The first-order valence-electron chi connectivity index (χ1n) is 4.66. The van der Waals surface area contributed by atoms with Gasteiger partial charge in [0.15, 0.2) is 0 Å². The Bertz CT molecular complexity index is 451. The summed E-state index contributed by atoms with van der Waals surface area (Å²) in [5.41, 5.74) is 1.87. The van der Waals surface area contributed by atoms with Crippen LogP contribution in [0.3, 0.4) is 0 Å². The first-order valence-corrected chi connectivity index (χ1v) is 5.92. The van der Waals surface area contributed by atoms with Crippen LogP contribution in [0.4, 0.5) is 0 Å². The Labute approximate surface area is 98.0 Å². The Kier molecular flexibility index (Phi) is 3.10. The summed E-state index contributed by atoms with van der Waals surface area (Å²) in [6.45, 7) is 1.98. The van der Waals surface area contributed by atoms with Gasteiger partial charge in [0, 0.05) is 15.5 Å². The highest BCUT2D eigenvalue weighted by Gasteiger charge is 2.14. The number of hydrogen-bond donors (Lipinski definition) is 1. The minimum Gasteiger partial charge on any atom is -0.383 e. The average Bonchev–Trinajstić information content (AvgIpc) is 2.69. The summed E-state index contributed by atoms with van der Waals surface area (Å²) in [5.74, 6) is 0. The van der Waals surface area contributed by atoms with Gasteiger partial charge in [0.2, 0.25) is 0 Å². The molecule has 0 saturated heterocycles. The monoisotopic (exact) mass is 238 g/mol. The standard InChI is InChI=1S/C12H11ClOS/c1-8-4-5-9(10(13)7-8)12(14)11-3-2-6-15-11/h2-7,12,14H,1H3. The van der Waals surface area contributed by atoms with Crippen molar-refractivity contribution < 1.29 is 5.11 Å². The zero-order valence-electron chi connectivity index (χ0n) is 8.27. The van der Waals surface area contributed by atoms with Crippen molar-refractivity contribution in [3.8, 4) is 0 Å². The molecule has 0 fully saturated rings. The molecule has 2 rings (SSSR count). The van der Waals surface area contributed by atoms with Crippen LogP contribution in [0.25, 0.3) is 0 Å². The van der Waals surface area contributed by atoms with Crippen LogP contribution >= 0.6 is 22.9 Å². The summed E-state index contributed by atoms with van der Waals surface area (Å²) in [4.78, 5) is 0.917. The summed E-state index contributed by atoms with van der Waals surface area (Å²) in [7, 11) is 0. The second kappa shape index (κ2) is 4.35. The minimum absolute atomic E-state index is 0.613. The quantitative estimate of drug-likeness (QED) is 0.844. The van der Waals surface area contributed by atoms with Gasteiger partial charge in [-0.05, 0) is 30.0 Å². The molecule has 1 unspecified atom stereocenters. The third kappa shape index (κ3) is 2.23. The molecule has 0 saturated carbocycles. The van der Waals surface area contributed by atoms with Gasteiger partial charge in [0.25, 0.3) is 0 Å². The highest BCUT2D eigenvalue weighted by Crippen LogP contribution is 2.31. The molecular weight excluding hydrogens is 228 g/mol. The van der Waals surface area contributed by atoms with E-state index in [1.165, 1.54) is 11.3 Å². The van der Waals surface area contributed by atoms with Crippen molar-refractivity contribution >= 4 is 22.9 Å². The van der Waals surface area contributed by atoms with Crippen molar-refractivity contribution in [3.63, 3.8) is 0 Å². The Morgan fingerprint density at radius 2 is 2.13 bits per heavy atom. The zero-order valence-corrected chi connectivity index (χ0v) is 9.85. The van der Waals surface area contributed by atoms with E-state index in [1.54, 1.807) is 0 Å². The molecular formula is C12H11ClOS. The number of aryl methyl sites for hydroxylation is 1. The Hall–Kier alpha value is -0.830. The summed E-state index contributed by atoms with van der Waals surface area (Å²) in [6, 6.07) is 9.53. The van der Waals surface area contributed by atoms with Crippen LogP contribution < -0.4 is 0 Å². The first kappa shape index (κ1) is 10.7. The number of halogens is 1. The van der Waals surface area contributed by atoms with Crippen molar-refractivity contribution in [2.75, 3.05) is 0 Å². The van der Waals surface area contributed by atoms with Crippen LogP contribution in [0.5, 0.6) is 0 Å². The molecule has 15 heavy (non-hydrogen) atoms. The molecule has 1 nitrogen and oxygen atoms in total. The molecule has 0 bridgehead atoms. The molecule has 0 radical (unpaired) electrons. The normalized spacial score (nSPS) is 12.7. The molecule has 0 spiro atoms. The number of aliphatic hydroxyl groups is 1. The predicted molar refractivity (Wildman–Crippen MR) is 64.6 cm³/mol. The molecule has 1 aromatic heterocycles. The van der Waals surface area contributed by atoms with Crippen molar-refractivity contribution in [2.45, 2.75) is 13.0 Å². The molecule has 2 aromatic rings. The number of rotatable bonds is 2. The number of aliphatic hydroxyl groups excluding tert-OH is 1. The Morgan fingerprint density at radius 3 is 2.73 bits per heavy atom. The van der Waals surface area contributed by atoms with Crippen molar-refractivity contribution in [2.24, 2.45) is 0 Å². The lowest BCUT2D eigenvalue weighted by Gasteiger charge is -2.11. The molecule has 1 atom stereocenters. The van der Waals surface area contributed by atoms with Gasteiger partial charge in [-0.1, -0.05) is 29.8 Å². The van der Waals surface area contributed by atoms with Crippen LogP contribution in [0.1, 0.15) is 22.1 Å². The zero-order chi connectivity index (χ0) is 10.8. The molecule has 0 aliphatic heterocycles. The number of benzene rings is 1. The van der Waals surface area contributed by atoms with Crippen molar-refractivity contribution in [1.29, 1.82) is 0 Å². The van der Waals surface area contributed by atoms with Gasteiger partial charge < -0.3 is 5.11 Å². The third-order valence-electron chi connectivity index (χ3n) is 2.26. The fraction of sp³-hybridized carbons (Fsp3) is 0.167. The average molecular weight is 239 g/mol. The summed E-state index contributed by atoms with van der Waals surface area (Å²) in [5, 5.41) is 12.6. The fourth-order valence-corrected chi connectivity index (χ4v) is 2.52.